The highest BCUT2D eigenvalue weighted by molar-refractivity contribution is 9.10. The Bertz CT molecular complexity index is 1430. The summed E-state index contributed by atoms with van der Waals surface area (Å²) in [7, 11) is 1.53. The summed E-state index contributed by atoms with van der Waals surface area (Å²) in [6, 6.07) is 19.8. The maximum absolute atomic E-state index is 12.5. The lowest BCUT2D eigenvalue weighted by Crippen LogP contribution is -2.52. The fraction of sp³-hybridized carbons (Fsp3) is 0.419. The molecule has 4 aliphatic rings. The second kappa shape index (κ2) is 10.8. The molecule has 0 radical (unpaired) electrons. The number of halogens is 4. The average Bonchev–Trinajstić information content (AvgIpc) is 3.34. The normalized spacial score (nSPS) is 29.5. The van der Waals surface area contributed by atoms with Crippen LogP contribution in [0.25, 0.3) is 0 Å². The van der Waals surface area contributed by atoms with E-state index < -0.39 is 22.7 Å². The van der Waals surface area contributed by atoms with Crippen LogP contribution >= 0.6 is 27.5 Å². The molecular weight excluding hydrogens is 618 g/mol. The molecule has 2 aromatic carbocycles. The number of ether oxygens (including phenoxy) is 2. The summed E-state index contributed by atoms with van der Waals surface area (Å²) < 4.78 is 38.1. The van der Waals surface area contributed by atoms with Crippen molar-refractivity contribution in [3.05, 3.63) is 87.0 Å². The number of methoxy groups -OCH3 is 1. The number of pyridine rings is 1. The molecule has 2 aliphatic heterocycles. The molecule has 4 atom stereocenters. The van der Waals surface area contributed by atoms with E-state index in [1.54, 1.807) is 6.07 Å². The molecule has 3 aromatic rings. The summed E-state index contributed by atoms with van der Waals surface area (Å²) in [5.41, 5.74) is -0.724. The van der Waals surface area contributed by atoms with Gasteiger partial charge in [0.15, 0.2) is 5.60 Å². The van der Waals surface area contributed by atoms with Gasteiger partial charge in [-0.1, -0.05) is 83.8 Å². The third-order valence-corrected chi connectivity index (χ3v) is 9.41. The maximum atomic E-state index is 12.5. The van der Waals surface area contributed by atoms with Crippen LogP contribution in [0.5, 0.6) is 11.6 Å². The standard InChI is InChI=1S/C23H19BrClNO3.C6H7F2NO.C2H6/c1-28-21-20-18(13-19(25)26-21)29-23(15-7-9-16(24)10-8-15)17(11-12-22(20,23)27)14-5-3-2-4-6-14;7-6(8)3-5(6)1-2-9(5)4-10;1-2/h2-10,13,17,27H,11-12H2,1H3;4H,1-3H2;1-2H3. The van der Waals surface area contributed by atoms with Crippen LogP contribution < -0.4 is 9.47 Å². The largest absolute Gasteiger partial charge is 0.481 e. The summed E-state index contributed by atoms with van der Waals surface area (Å²) in [4.78, 5) is 15.6. The Morgan fingerprint density at radius 3 is 2.32 bits per heavy atom. The van der Waals surface area contributed by atoms with Gasteiger partial charge in [-0.05, 0) is 42.5 Å². The molecule has 1 aromatic heterocycles. The minimum Gasteiger partial charge on any atom is -0.481 e. The lowest BCUT2D eigenvalue weighted by molar-refractivity contribution is -0.132. The lowest BCUT2D eigenvalue weighted by Gasteiger charge is -2.40. The van der Waals surface area contributed by atoms with E-state index in [1.165, 1.54) is 12.0 Å². The van der Waals surface area contributed by atoms with Crippen LogP contribution in [0.15, 0.2) is 65.1 Å². The zero-order valence-corrected chi connectivity index (χ0v) is 25.4. The van der Waals surface area contributed by atoms with E-state index in [9.17, 15) is 18.7 Å². The molecule has 1 spiro atoms. The number of fused-ring (bicyclic) bond motifs is 3. The van der Waals surface area contributed by atoms with Gasteiger partial charge in [-0.3, -0.25) is 4.79 Å². The minimum absolute atomic E-state index is 0.0502. The molecule has 6 nitrogen and oxygen atoms in total. The SMILES string of the molecule is CC.COc1nc(Cl)cc2c1C1(O)CCC(c3ccccc3)C1(c1ccc(Br)cc1)O2.O=CN1CCC12CC2(F)F. The molecule has 1 N–H and O–H groups in total. The molecular formula is C31H32BrClF2N2O4. The summed E-state index contributed by atoms with van der Waals surface area (Å²) in [6.45, 7) is 4.50. The van der Waals surface area contributed by atoms with Crippen molar-refractivity contribution in [2.24, 2.45) is 0 Å². The van der Waals surface area contributed by atoms with E-state index in [0.29, 0.717) is 43.0 Å². The summed E-state index contributed by atoms with van der Waals surface area (Å²) in [5.74, 6) is -1.81. The molecule has 218 valence electrons. The molecule has 7 rings (SSSR count). The Kier molecular flexibility index (Phi) is 7.85. The van der Waals surface area contributed by atoms with Crippen molar-refractivity contribution in [2.75, 3.05) is 13.7 Å². The molecule has 2 saturated carbocycles. The van der Waals surface area contributed by atoms with Crippen molar-refractivity contribution in [3.8, 4) is 11.6 Å². The predicted molar refractivity (Wildman–Crippen MR) is 156 cm³/mol. The van der Waals surface area contributed by atoms with E-state index in [4.69, 9.17) is 21.1 Å². The van der Waals surface area contributed by atoms with Gasteiger partial charge in [0.25, 0.3) is 5.92 Å². The van der Waals surface area contributed by atoms with E-state index in [0.717, 1.165) is 22.0 Å². The van der Waals surface area contributed by atoms with Crippen molar-refractivity contribution >= 4 is 33.9 Å². The zero-order valence-electron chi connectivity index (χ0n) is 23.0. The summed E-state index contributed by atoms with van der Waals surface area (Å²) >= 11 is 9.72. The number of alkyl halides is 2. The van der Waals surface area contributed by atoms with Crippen LogP contribution in [0.4, 0.5) is 8.78 Å². The molecule has 3 heterocycles. The van der Waals surface area contributed by atoms with E-state index >= 15 is 0 Å². The van der Waals surface area contributed by atoms with Crippen LogP contribution in [0.2, 0.25) is 5.15 Å². The predicted octanol–water partition coefficient (Wildman–Crippen LogP) is 7.21. The molecule has 0 bridgehead atoms. The highest BCUT2D eigenvalue weighted by atomic mass is 79.9. The van der Waals surface area contributed by atoms with E-state index in [1.807, 2.05) is 56.3 Å². The van der Waals surface area contributed by atoms with Gasteiger partial charge in [0.2, 0.25) is 12.3 Å². The molecule has 2 aliphatic carbocycles. The van der Waals surface area contributed by atoms with E-state index in [2.05, 4.69) is 33.0 Å². The Balaban J connectivity index is 0.000000235. The zero-order chi connectivity index (χ0) is 29.6. The van der Waals surface area contributed by atoms with Gasteiger partial charge in [-0.25, -0.2) is 13.8 Å². The number of carbonyl (C=O) groups is 1. The lowest BCUT2D eigenvalue weighted by atomic mass is 9.72. The maximum Gasteiger partial charge on any atom is 0.273 e. The van der Waals surface area contributed by atoms with Gasteiger partial charge >= 0.3 is 0 Å². The monoisotopic (exact) mass is 648 g/mol. The topological polar surface area (TPSA) is 71.9 Å². The van der Waals surface area contributed by atoms with Gasteiger partial charge in [-0.2, -0.15) is 0 Å². The third-order valence-electron chi connectivity index (χ3n) is 8.69. The van der Waals surface area contributed by atoms with Gasteiger partial charge in [0.1, 0.15) is 22.0 Å². The molecule has 4 unspecified atom stereocenters. The van der Waals surface area contributed by atoms with Crippen LogP contribution in [-0.2, 0) is 16.0 Å². The van der Waals surface area contributed by atoms with Gasteiger partial charge in [0.05, 0.1) is 12.7 Å². The molecule has 1 amide bonds. The molecule has 3 fully saturated rings. The Hall–Kier alpha value is -2.75. The van der Waals surface area contributed by atoms with Crippen LogP contribution in [0, 0.1) is 0 Å². The van der Waals surface area contributed by atoms with E-state index in [-0.39, 0.29) is 17.5 Å². The van der Waals surface area contributed by atoms with Crippen LogP contribution in [-0.4, -0.2) is 46.5 Å². The van der Waals surface area contributed by atoms with Crippen LogP contribution in [0.3, 0.4) is 0 Å². The second-order valence-corrected chi connectivity index (χ2v) is 11.8. The van der Waals surface area contributed by atoms with Crippen molar-refractivity contribution in [3.63, 3.8) is 0 Å². The number of aromatic nitrogens is 1. The fourth-order valence-electron chi connectivity index (χ4n) is 6.60. The highest BCUT2D eigenvalue weighted by Gasteiger charge is 2.77. The average molecular weight is 650 g/mol. The van der Waals surface area contributed by atoms with Crippen molar-refractivity contribution in [2.45, 2.75) is 68.1 Å². The fourth-order valence-corrected chi connectivity index (χ4v) is 7.04. The Morgan fingerprint density at radius 2 is 1.80 bits per heavy atom. The first kappa shape index (κ1) is 29.7. The highest BCUT2D eigenvalue weighted by Crippen LogP contribution is 2.68. The number of hydrogen-bond donors (Lipinski definition) is 1. The number of amides is 1. The first-order chi connectivity index (χ1) is 19.6. The summed E-state index contributed by atoms with van der Waals surface area (Å²) in [5, 5.41) is 12.5. The van der Waals surface area contributed by atoms with Gasteiger partial charge in [0, 0.05) is 29.4 Å². The van der Waals surface area contributed by atoms with Gasteiger partial charge in [-0.15, -0.1) is 0 Å². The second-order valence-electron chi connectivity index (χ2n) is 10.5. The van der Waals surface area contributed by atoms with Gasteiger partial charge < -0.3 is 19.5 Å². The van der Waals surface area contributed by atoms with Crippen molar-refractivity contribution in [1.82, 2.24) is 9.88 Å². The Labute approximate surface area is 251 Å². The smallest absolute Gasteiger partial charge is 0.273 e. The first-order valence-electron chi connectivity index (χ1n) is 13.7. The Morgan fingerprint density at radius 1 is 1.15 bits per heavy atom. The minimum atomic E-state index is -2.59. The molecule has 10 heteroatoms. The first-order valence-corrected chi connectivity index (χ1v) is 14.9. The van der Waals surface area contributed by atoms with Crippen LogP contribution in [0.1, 0.15) is 62.1 Å². The molecule has 1 saturated heterocycles. The summed E-state index contributed by atoms with van der Waals surface area (Å²) in [6.07, 6.45) is 2.15. The number of nitrogens with zero attached hydrogens (tertiary/aromatic N) is 2. The number of aliphatic hydroxyl groups is 1. The molecule has 41 heavy (non-hydrogen) atoms. The number of rotatable bonds is 4. The quantitative estimate of drug-likeness (QED) is 0.239. The number of benzene rings is 2. The van der Waals surface area contributed by atoms with Crippen molar-refractivity contribution < 1.29 is 28.2 Å². The number of carbonyl (C=O) groups excluding carboxylic acids is 1. The third kappa shape index (κ3) is 4.43. The number of likely N-dealkylation sites (tertiary alicyclic amines) is 1. The van der Waals surface area contributed by atoms with Crippen molar-refractivity contribution in [1.29, 1.82) is 0 Å². The number of hydrogen-bond acceptors (Lipinski definition) is 5.